The maximum atomic E-state index is 12.1. The van der Waals surface area contributed by atoms with E-state index in [4.69, 9.17) is 16.7 Å². The lowest BCUT2D eigenvalue weighted by Gasteiger charge is -2.16. The average molecular weight is 302 g/mol. The largest absolute Gasteiger partial charge is 0.392 e. The SMILES string of the molecule is O=C1C(=O)N(Cc2ccc(CO)cc2)c2cccc(Cl)c21. The minimum absolute atomic E-state index is 0.0279. The van der Waals surface area contributed by atoms with E-state index in [9.17, 15) is 9.59 Å². The fourth-order valence-electron chi connectivity index (χ4n) is 2.39. The second-order valence-electron chi connectivity index (χ2n) is 4.83. The molecule has 1 aliphatic rings. The summed E-state index contributed by atoms with van der Waals surface area (Å²) in [6.45, 7) is 0.267. The van der Waals surface area contributed by atoms with Crippen molar-refractivity contribution in [3.05, 3.63) is 64.2 Å². The van der Waals surface area contributed by atoms with Crippen LogP contribution in [0.1, 0.15) is 21.5 Å². The van der Waals surface area contributed by atoms with E-state index in [-0.39, 0.29) is 12.2 Å². The molecule has 1 aliphatic heterocycles. The summed E-state index contributed by atoms with van der Waals surface area (Å²) in [6, 6.07) is 12.3. The number of hydrogen-bond donors (Lipinski definition) is 1. The highest BCUT2D eigenvalue weighted by Crippen LogP contribution is 2.34. The van der Waals surface area contributed by atoms with Crippen LogP contribution in [0.2, 0.25) is 5.02 Å². The summed E-state index contributed by atoms with van der Waals surface area (Å²) >= 11 is 6.01. The van der Waals surface area contributed by atoms with Crippen molar-refractivity contribution in [1.29, 1.82) is 0 Å². The number of hydrogen-bond acceptors (Lipinski definition) is 3. The molecule has 0 radical (unpaired) electrons. The molecule has 2 aromatic rings. The van der Waals surface area contributed by atoms with Crippen LogP contribution < -0.4 is 4.90 Å². The second-order valence-corrected chi connectivity index (χ2v) is 5.24. The summed E-state index contributed by atoms with van der Waals surface area (Å²) in [5.41, 5.74) is 2.49. The second kappa shape index (κ2) is 5.31. The van der Waals surface area contributed by atoms with Crippen molar-refractivity contribution >= 4 is 29.0 Å². The van der Waals surface area contributed by atoms with Gasteiger partial charge in [-0.15, -0.1) is 0 Å². The van der Waals surface area contributed by atoms with Crippen molar-refractivity contribution in [3.63, 3.8) is 0 Å². The molecule has 2 aromatic carbocycles. The third-order valence-corrected chi connectivity index (χ3v) is 3.81. The van der Waals surface area contributed by atoms with Gasteiger partial charge in [-0.05, 0) is 23.3 Å². The standard InChI is InChI=1S/C16H12ClNO3/c17-12-2-1-3-13-14(12)15(20)16(21)18(13)8-10-4-6-11(9-19)7-5-10/h1-7,19H,8-9H2. The van der Waals surface area contributed by atoms with Crippen LogP contribution in [0.4, 0.5) is 5.69 Å². The topological polar surface area (TPSA) is 57.6 Å². The zero-order valence-electron chi connectivity index (χ0n) is 11.0. The molecule has 0 bridgehead atoms. The molecule has 0 unspecified atom stereocenters. The number of carbonyl (C=O) groups is 2. The molecule has 1 heterocycles. The molecular formula is C16H12ClNO3. The van der Waals surface area contributed by atoms with E-state index >= 15 is 0 Å². The Morgan fingerprint density at radius 2 is 1.67 bits per heavy atom. The Kier molecular flexibility index (Phi) is 3.49. The van der Waals surface area contributed by atoms with Gasteiger partial charge in [0.05, 0.1) is 29.4 Å². The van der Waals surface area contributed by atoms with Gasteiger partial charge in [-0.2, -0.15) is 0 Å². The average Bonchev–Trinajstić information content (AvgIpc) is 2.74. The normalized spacial score (nSPS) is 13.7. The van der Waals surface area contributed by atoms with Crippen molar-refractivity contribution in [2.45, 2.75) is 13.2 Å². The number of rotatable bonds is 3. The number of carbonyl (C=O) groups excluding carboxylic acids is 2. The van der Waals surface area contributed by atoms with Gasteiger partial charge in [-0.3, -0.25) is 9.59 Å². The van der Waals surface area contributed by atoms with E-state index in [1.165, 1.54) is 4.90 Å². The minimum atomic E-state index is -0.567. The molecule has 0 aliphatic carbocycles. The lowest BCUT2D eigenvalue weighted by molar-refractivity contribution is -0.114. The quantitative estimate of drug-likeness (QED) is 0.887. The van der Waals surface area contributed by atoms with Crippen molar-refractivity contribution < 1.29 is 14.7 Å². The van der Waals surface area contributed by atoms with Crippen molar-refractivity contribution in [2.75, 3.05) is 4.90 Å². The minimum Gasteiger partial charge on any atom is -0.392 e. The molecule has 1 N–H and O–H groups in total. The summed E-state index contributed by atoms with van der Waals surface area (Å²) in [4.78, 5) is 25.6. The monoisotopic (exact) mass is 301 g/mol. The summed E-state index contributed by atoms with van der Waals surface area (Å²) in [6.07, 6.45) is 0. The fraction of sp³-hybridized carbons (Fsp3) is 0.125. The Balaban J connectivity index is 1.94. The van der Waals surface area contributed by atoms with E-state index in [2.05, 4.69) is 0 Å². The summed E-state index contributed by atoms with van der Waals surface area (Å²) in [5.74, 6) is -1.13. The van der Waals surface area contributed by atoms with Gasteiger partial charge in [0, 0.05) is 0 Å². The number of aliphatic hydroxyl groups excluding tert-OH is 1. The lowest BCUT2D eigenvalue weighted by Crippen LogP contribution is -2.29. The van der Waals surface area contributed by atoms with Gasteiger partial charge in [0.15, 0.2) is 0 Å². The molecular weight excluding hydrogens is 290 g/mol. The highest BCUT2D eigenvalue weighted by Gasteiger charge is 2.37. The maximum Gasteiger partial charge on any atom is 0.299 e. The highest BCUT2D eigenvalue weighted by atomic mass is 35.5. The van der Waals surface area contributed by atoms with Crippen molar-refractivity contribution in [3.8, 4) is 0 Å². The Labute approximate surface area is 126 Å². The molecule has 106 valence electrons. The number of anilines is 1. The molecule has 0 aromatic heterocycles. The van der Waals surface area contributed by atoms with Gasteiger partial charge in [0.25, 0.3) is 11.7 Å². The van der Waals surface area contributed by atoms with Crippen LogP contribution in [0, 0.1) is 0 Å². The van der Waals surface area contributed by atoms with Crippen molar-refractivity contribution in [2.24, 2.45) is 0 Å². The van der Waals surface area contributed by atoms with E-state index in [1.807, 2.05) is 12.1 Å². The molecule has 1 amide bonds. The number of halogens is 1. The molecule has 0 saturated heterocycles. The highest BCUT2D eigenvalue weighted by molar-refractivity contribution is 6.55. The number of Topliss-reactive ketones (excluding diaryl/α,β-unsaturated/α-hetero) is 1. The number of fused-ring (bicyclic) bond motifs is 1. The van der Waals surface area contributed by atoms with Crippen LogP contribution >= 0.6 is 11.6 Å². The number of nitrogens with zero attached hydrogens (tertiary/aromatic N) is 1. The van der Waals surface area contributed by atoms with Gasteiger partial charge in [0.2, 0.25) is 0 Å². The number of benzene rings is 2. The Morgan fingerprint density at radius 1 is 1.00 bits per heavy atom. The lowest BCUT2D eigenvalue weighted by atomic mass is 10.1. The van der Waals surface area contributed by atoms with E-state index in [0.717, 1.165) is 11.1 Å². The molecule has 5 heteroatoms. The Morgan fingerprint density at radius 3 is 2.33 bits per heavy atom. The van der Waals surface area contributed by atoms with E-state index in [0.29, 0.717) is 17.3 Å². The van der Waals surface area contributed by atoms with Crippen LogP contribution in [-0.4, -0.2) is 16.8 Å². The predicted molar refractivity (Wildman–Crippen MR) is 79.3 cm³/mol. The maximum absolute atomic E-state index is 12.1. The number of amides is 1. The first-order valence-corrected chi connectivity index (χ1v) is 6.83. The van der Waals surface area contributed by atoms with Gasteiger partial charge in [-0.25, -0.2) is 0 Å². The van der Waals surface area contributed by atoms with Crippen LogP contribution in [0.15, 0.2) is 42.5 Å². The first kappa shape index (κ1) is 13.8. The van der Waals surface area contributed by atoms with Crippen LogP contribution in [-0.2, 0) is 17.9 Å². The predicted octanol–water partition coefficient (Wildman–Crippen LogP) is 2.56. The molecule has 21 heavy (non-hydrogen) atoms. The molecule has 0 spiro atoms. The Hall–Kier alpha value is -2.17. The van der Waals surface area contributed by atoms with Gasteiger partial charge in [0.1, 0.15) is 0 Å². The zero-order chi connectivity index (χ0) is 15.0. The number of aliphatic hydroxyl groups is 1. The summed E-state index contributed by atoms with van der Waals surface area (Å²) in [7, 11) is 0. The van der Waals surface area contributed by atoms with Gasteiger partial charge in [-0.1, -0.05) is 41.9 Å². The number of ketones is 1. The molecule has 0 saturated carbocycles. The first-order valence-electron chi connectivity index (χ1n) is 6.45. The summed E-state index contributed by atoms with van der Waals surface area (Å²) in [5, 5.41) is 9.32. The molecule has 0 atom stereocenters. The summed E-state index contributed by atoms with van der Waals surface area (Å²) < 4.78 is 0. The Bertz CT molecular complexity index is 725. The van der Waals surface area contributed by atoms with E-state index in [1.54, 1.807) is 30.3 Å². The van der Waals surface area contributed by atoms with Gasteiger partial charge >= 0.3 is 0 Å². The molecule has 3 rings (SSSR count). The third-order valence-electron chi connectivity index (χ3n) is 3.50. The molecule has 4 nitrogen and oxygen atoms in total. The van der Waals surface area contributed by atoms with E-state index < -0.39 is 11.7 Å². The molecule has 0 fully saturated rings. The fourth-order valence-corrected chi connectivity index (χ4v) is 2.65. The van der Waals surface area contributed by atoms with Crippen LogP contribution in [0.25, 0.3) is 0 Å². The van der Waals surface area contributed by atoms with Gasteiger partial charge < -0.3 is 10.0 Å². The third kappa shape index (κ3) is 2.33. The smallest absolute Gasteiger partial charge is 0.299 e. The zero-order valence-corrected chi connectivity index (χ0v) is 11.8. The van der Waals surface area contributed by atoms with Crippen LogP contribution in [0.5, 0.6) is 0 Å². The van der Waals surface area contributed by atoms with Crippen LogP contribution in [0.3, 0.4) is 0 Å². The first-order chi connectivity index (χ1) is 10.1. The van der Waals surface area contributed by atoms with Crippen molar-refractivity contribution in [1.82, 2.24) is 0 Å².